The molecule has 0 aromatic heterocycles. The number of piperidine rings is 1. The number of rotatable bonds is 3. The van der Waals surface area contributed by atoms with Crippen LogP contribution >= 0.6 is 11.6 Å². The van der Waals surface area contributed by atoms with Gasteiger partial charge in [0.2, 0.25) is 0 Å². The van der Waals surface area contributed by atoms with Crippen LogP contribution in [0.3, 0.4) is 0 Å². The molecular formula is C15H20ClNO2. The maximum absolute atomic E-state index is 12.2. The summed E-state index contributed by atoms with van der Waals surface area (Å²) in [6.07, 6.45) is 3.35. The van der Waals surface area contributed by atoms with Crippen LogP contribution in [0, 0.1) is 0 Å². The largest absolute Gasteiger partial charge is 0.484 e. The second-order valence-electron chi connectivity index (χ2n) is 5.18. The SMILES string of the molecule is CC1CCCC(C)N1C(=O)COc1cccc(Cl)c1. The summed E-state index contributed by atoms with van der Waals surface area (Å²) in [6.45, 7) is 4.29. The molecule has 2 rings (SSSR count). The predicted molar refractivity (Wildman–Crippen MR) is 76.6 cm³/mol. The van der Waals surface area contributed by atoms with Gasteiger partial charge in [-0.15, -0.1) is 0 Å². The highest BCUT2D eigenvalue weighted by Crippen LogP contribution is 2.23. The van der Waals surface area contributed by atoms with Gasteiger partial charge < -0.3 is 9.64 Å². The molecule has 2 atom stereocenters. The summed E-state index contributed by atoms with van der Waals surface area (Å²) in [7, 11) is 0. The van der Waals surface area contributed by atoms with Crippen molar-refractivity contribution in [1.29, 1.82) is 0 Å². The molecule has 2 unspecified atom stereocenters. The first-order chi connectivity index (χ1) is 9.08. The van der Waals surface area contributed by atoms with Gasteiger partial charge in [0.1, 0.15) is 5.75 Å². The first-order valence-corrected chi connectivity index (χ1v) is 7.15. The lowest BCUT2D eigenvalue weighted by Crippen LogP contribution is -2.49. The van der Waals surface area contributed by atoms with E-state index >= 15 is 0 Å². The van der Waals surface area contributed by atoms with Gasteiger partial charge in [0.15, 0.2) is 6.61 Å². The van der Waals surface area contributed by atoms with Crippen molar-refractivity contribution >= 4 is 17.5 Å². The fraction of sp³-hybridized carbons (Fsp3) is 0.533. The monoisotopic (exact) mass is 281 g/mol. The predicted octanol–water partition coefficient (Wildman–Crippen LogP) is 3.51. The summed E-state index contributed by atoms with van der Waals surface area (Å²) in [5, 5.41) is 0.615. The Bertz CT molecular complexity index is 440. The molecular weight excluding hydrogens is 262 g/mol. The zero-order chi connectivity index (χ0) is 13.8. The van der Waals surface area contributed by atoms with Crippen molar-refractivity contribution < 1.29 is 9.53 Å². The van der Waals surface area contributed by atoms with E-state index in [1.54, 1.807) is 12.1 Å². The van der Waals surface area contributed by atoms with Crippen molar-refractivity contribution in [2.45, 2.75) is 45.2 Å². The van der Waals surface area contributed by atoms with E-state index in [0.717, 1.165) is 12.8 Å². The van der Waals surface area contributed by atoms with Crippen LogP contribution in [0.4, 0.5) is 0 Å². The van der Waals surface area contributed by atoms with Gasteiger partial charge in [-0.1, -0.05) is 17.7 Å². The van der Waals surface area contributed by atoms with Gasteiger partial charge in [-0.3, -0.25) is 4.79 Å². The number of amides is 1. The zero-order valence-corrected chi connectivity index (χ0v) is 12.2. The molecule has 1 aliphatic rings. The summed E-state index contributed by atoms with van der Waals surface area (Å²) in [5.74, 6) is 0.692. The number of benzene rings is 1. The van der Waals surface area contributed by atoms with Crippen LogP contribution in [-0.4, -0.2) is 29.5 Å². The Morgan fingerprint density at radius 1 is 1.37 bits per heavy atom. The molecule has 0 spiro atoms. The highest BCUT2D eigenvalue weighted by molar-refractivity contribution is 6.30. The molecule has 0 aliphatic carbocycles. The van der Waals surface area contributed by atoms with E-state index in [-0.39, 0.29) is 12.5 Å². The van der Waals surface area contributed by atoms with Crippen molar-refractivity contribution in [1.82, 2.24) is 4.90 Å². The fourth-order valence-corrected chi connectivity index (χ4v) is 2.87. The third-order valence-corrected chi connectivity index (χ3v) is 3.88. The molecule has 104 valence electrons. The first kappa shape index (κ1) is 14.2. The molecule has 0 bridgehead atoms. The quantitative estimate of drug-likeness (QED) is 0.848. The number of nitrogens with zero attached hydrogens (tertiary/aromatic N) is 1. The molecule has 0 radical (unpaired) electrons. The molecule has 1 aliphatic heterocycles. The van der Waals surface area contributed by atoms with Gasteiger partial charge in [-0.2, -0.15) is 0 Å². The summed E-state index contributed by atoms with van der Waals surface area (Å²) < 4.78 is 5.52. The van der Waals surface area contributed by atoms with Gasteiger partial charge in [0.05, 0.1) is 0 Å². The smallest absolute Gasteiger partial charge is 0.260 e. The maximum atomic E-state index is 12.2. The average molecular weight is 282 g/mol. The Hall–Kier alpha value is -1.22. The van der Waals surface area contributed by atoms with Gasteiger partial charge in [-0.05, 0) is 51.3 Å². The Morgan fingerprint density at radius 3 is 2.68 bits per heavy atom. The number of hydrogen-bond donors (Lipinski definition) is 0. The van der Waals surface area contributed by atoms with E-state index < -0.39 is 0 Å². The minimum absolute atomic E-state index is 0.0553. The highest BCUT2D eigenvalue weighted by atomic mass is 35.5. The minimum Gasteiger partial charge on any atom is -0.484 e. The number of hydrogen-bond acceptors (Lipinski definition) is 2. The van der Waals surface area contributed by atoms with Crippen LogP contribution in [-0.2, 0) is 4.79 Å². The average Bonchev–Trinajstić information content (AvgIpc) is 2.36. The van der Waals surface area contributed by atoms with Crippen molar-refractivity contribution in [3.8, 4) is 5.75 Å². The topological polar surface area (TPSA) is 29.5 Å². The molecule has 0 saturated carbocycles. The van der Waals surface area contributed by atoms with Gasteiger partial charge in [-0.25, -0.2) is 0 Å². The fourth-order valence-electron chi connectivity index (χ4n) is 2.69. The number of carbonyl (C=O) groups excluding carboxylic acids is 1. The molecule has 0 N–H and O–H groups in total. The molecule has 1 aromatic carbocycles. The number of carbonyl (C=O) groups is 1. The first-order valence-electron chi connectivity index (χ1n) is 6.77. The lowest BCUT2D eigenvalue weighted by molar-refractivity contribution is -0.139. The summed E-state index contributed by atoms with van der Waals surface area (Å²) in [6, 6.07) is 7.73. The molecule has 1 fully saturated rings. The molecule has 1 heterocycles. The standard InChI is InChI=1S/C15H20ClNO2/c1-11-5-3-6-12(2)17(11)15(18)10-19-14-8-4-7-13(16)9-14/h4,7-9,11-12H,3,5-6,10H2,1-2H3. The van der Waals surface area contributed by atoms with Gasteiger partial charge in [0.25, 0.3) is 5.91 Å². The van der Waals surface area contributed by atoms with E-state index in [1.807, 2.05) is 17.0 Å². The second kappa shape index (κ2) is 6.29. The van der Waals surface area contributed by atoms with Crippen LogP contribution in [0.5, 0.6) is 5.75 Å². The molecule has 19 heavy (non-hydrogen) atoms. The van der Waals surface area contributed by atoms with Crippen molar-refractivity contribution in [2.24, 2.45) is 0 Å². The number of ether oxygens (including phenoxy) is 1. The molecule has 4 heteroatoms. The minimum atomic E-state index is 0.0553. The Morgan fingerprint density at radius 2 is 2.05 bits per heavy atom. The second-order valence-corrected chi connectivity index (χ2v) is 5.61. The van der Waals surface area contributed by atoms with Crippen LogP contribution in [0.25, 0.3) is 0 Å². The summed E-state index contributed by atoms with van der Waals surface area (Å²) in [4.78, 5) is 14.2. The lowest BCUT2D eigenvalue weighted by atomic mass is 9.97. The summed E-state index contributed by atoms with van der Waals surface area (Å²) >= 11 is 5.88. The molecule has 3 nitrogen and oxygen atoms in total. The van der Waals surface area contributed by atoms with Crippen molar-refractivity contribution in [3.63, 3.8) is 0 Å². The molecule has 1 aromatic rings. The molecule has 1 amide bonds. The zero-order valence-electron chi connectivity index (χ0n) is 11.4. The van der Waals surface area contributed by atoms with Gasteiger partial charge >= 0.3 is 0 Å². The normalized spacial score (nSPS) is 23.2. The van der Waals surface area contributed by atoms with E-state index in [4.69, 9.17) is 16.3 Å². The third kappa shape index (κ3) is 3.63. The van der Waals surface area contributed by atoms with Crippen LogP contribution in [0.1, 0.15) is 33.1 Å². The maximum Gasteiger partial charge on any atom is 0.260 e. The van der Waals surface area contributed by atoms with Crippen molar-refractivity contribution in [3.05, 3.63) is 29.3 Å². The van der Waals surface area contributed by atoms with E-state index in [2.05, 4.69) is 13.8 Å². The third-order valence-electron chi connectivity index (χ3n) is 3.64. The van der Waals surface area contributed by atoms with Crippen molar-refractivity contribution in [2.75, 3.05) is 6.61 Å². The number of likely N-dealkylation sites (tertiary alicyclic amines) is 1. The summed E-state index contributed by atoms with van der Waals surface area (Å²) in [5.41, 5.74) is 0. The van der Waals surface area contributed by atoms with Crippen LogP contribution in [0.15, 0.2) is 24.3 Å². The van der Waals surface area contributed by atoms with E-state index in [9.17, 15) is 4.79 Å². The Balaban J connectivity index is 1.93. The van der Waals surface area contributed by atoms with E-state index in [0.29, 0.717) is 22.9 Å². The Kier molecular flexibility index (Phi) is 4.70. The van der Waals surface area contributed by atoms with Gasteiger partial charge in [0, 0.05) is 17.1 Å². The Labute approximate surface area is 119 Å². The van der Waals surface area contributed by atoms with Crippen LogP contribution in [0.2, 0.25) is 5.02 Å². The lowest BCUT2D eigenvalue weighted by Gasteiger charge is -2.38. The van der Waals surface area contributed by atoms with Crippen LogP contribution < -0.4 is 4.74 Å². The highest BCUT2D eigenvalue weighted by Gasteiger charge is 2.28. The number of halogens is 1. The van der Waals surface area contributed by atoms with E-state index in [1.165, 1.54) is 6.42 Å². The molecule has 1 saturated heterocycles.